The third kappa shape index (κ3) is 1.84. The highest BCUT2D eigenvalue weighted by Gasteiger charge is 2.30. The summed E-state index contributed by atoms with van der Waals surface area (Å²) in [6.07, 6.45) is 2.22. The highest BCUT2D eigenvalue weighted by atomic mass is 35.5. The average molecular weight is 264 g/mol. The monoisotopic (exact) mass is 263 g/mol. The molecule has 3 rings (SSSR count). The van der Waals surface area contributed by atoms with Crippen LogP contribution in [0.1, 0.15) is 25.8 Å². The molecule has 94 valence electrons. The van der Waals surface area contributed by atoms with Gasteiger partial charge in [-0.2, -0.15) is 0 Å². The predicted molar refractivity (Wildman–Crippen MR) is 70.1 cm³/mol. The van der Waals surface area contributed by atoms with E-state index in [1.54, 1.807) is 12.1 Å². The van der Waals surface area contributed by atoms with Gasteiger partial charge in [-0.05, 0) is 47.4 Å². The SMILES string of the molecule is CC1CC(n2nnnc2-c2cc(N)ccc2Cl)C1. The van der Waals surface area contributed by atoms with Gasteiger partial charge in [0.2, 0.25) is 0 Å². The predicted octanol–water partition coefficient (Wildman–Crippen LogP) is 2.55. The maximum Gasteiger partial charge on any atom is 0.183 e. The molecule has 1 saturated carbocycles. The van der Waals surface area contributed by atoms with Gasteiger partial charge in [-0.15, -0.1) is 5.10 Å². The first kappa shape index (κ1) is 11.5. The lowest BCUT2D eigenvalue weighted by Gasteiger charge is -2.32. The zero-order valence-corrected chi connectivity index (χ0v) is 10.8. The molecule has 0 bridgehead atoms. The van der Waals surface area contributed by atoms with Crippen LogP contribution in [-0.2, 0) is 0 Å². The molecular formula is C12H14ClN5. The molecule has 2 N–H and O–H groups in total. The summed E-state index contributed by atoms with van der Waals surface area (Å²) in [4.78, 5) is 0. The molecule has 0 atom stereocenters. The number of hydrogen-bond acceptors (Lipinski definition) is 4. The highest BCUT2D eigenvalue weighted by Crippen LogP contribution is 2.39. The molecule has 1 heterocycles. The Balaban J connectivity index is 2.02. The third-order valence-electron chi connectivity index (χ3n) is 3.42. The van der Waals surface area contributed by atoms with Gasteiger partial charge in [-0.1, -0.05) is 18.5 Å². The van der Waals surface area contributed by atoms with Crippen molar-refractivity contribution in [1.82, 2.24) is 20.2 Å². The molecule has 0 amide bonds. The van der Waals surface area contributed by atoms with Crippen LogP contribution >= 0.6 is 11.6 Å². The molecule has 1 aliphatic carbocycles. The van der Waals surface area contributed by atoms with E-state index in [1.165, 1.54) is 0 Å². The van der Waals surface area contributed by atoms with E-state index in [9.17, 15) is 0 Å². The van der Waals surface area contributed by atoms with Crippen molar-refractivity contribution in [1.29, 1.82) is 0 Å². The van der Waals surface area contributed by atoms with E-state index in [1.807, 2.05) is 10.7 Å². The van der Waals surface area contributed by atoms with Crippen molar-refractivity contribution in [2.24, 2.45) is 5.92 Å². The van der Waals surface area contributed by atoms with Crippen molar-refractivity contribution in [3.63, 3.8) is 0 Å². The van der Waals surface area contributed by atoms with Gasteiger partial charge in [0.15, 0.2) is 5.82 Å². The molecule has 18 heavy (non-hydrogen) atoms. The fraction of sp³-hybridized carbons (Fsp3) is 0.417. The van der Waals surface area contributed by atoms with Gasteiger partial charge < -0.3 is 5.73 Å². The summed E-state index contributed by atoms with van der Waals surface area (Å²) in [5.41, 5.74) is 7.24. The van der Waals surface area contributed by atoms with E-state index in [0.29, 0.717) is 22.6 Å². The van der Waals surface area contributed by atoms with Crippen LogP contribution in [0.3, 0.4) is 0 Å². The molecule has 1 aromatic heterocycles. The van der Waals surface area contributed by atoms with Crippen LogP contribution in [0.2, 0.25) is 5.02 Å². The van der Waals surface area contributed by atoms with Crippen LogP contribution in [0.4, 0.5) is 5.69 Å². The Hall–Kier alpha value is -1.62. The minimum atomic E-state index is 0.377. The first-order valence-corrected chi connectivity index (χ1v) is 6.36. The van der Waals surface area contributed by atoms with Gasteiger partial charge in [0.05, 0.1) is 11.1 Å². The average Bonchev–Trinajstić information content (AvgIpc) is 2.76. The summed E-state index contributed by atoms with van der Waals surface area (Å²) in [5.74, 6) is 1.44. The quantitative estimate of drug-likeness (QED) is 0.846. The molecule has 6 heteroatoms. The number of benzene rings is 1. The second kappa shape index (κ2) is 4.24. The van der Waals surface area contributed by atoms with Gasteiger partial charge in [0.25, 0.3) is 0 Å². The lowest BCUT2D eigenvalue weighted by atomic mass is 9.82. The van der Waals surface area contributed by atoms with Gasteiger partial charge >= 0.3 is 0 Å². The minimum Gasteiger partial charge on any atom is -0.399 e. The Labute approximate surface area is 110 Å². The largest absolute Gasteiger partial charge is 0.399 e. The zero-order valence-electron chi connectivity index (χ0n) is 10.0. The van der Waals surface area contributed by atoms with Crippen LogP contribution in [0, 0.1) is 5.92 Å². The number of nitrogens with two attached hydrogens (primary N) is 1. The summed E-state index contributed by atoms with van der Waals surface area (Å²) < 4.78 is 1.86. The van der Waals surface area contributed by atoms with Crippen molar-refractivity contribution in [3.8, 4) is 11.4 Å². The third-order valence-corrected chi connectivity index (χ3v) is 3.75. The van der Waals surface area contributed by atoms with Crippen LogP contribution in [0.15, 0.2) is 18.2 Å². The van der Waals surface area contributed by atoms with Crippen LogP contribution < -0.4 is 5.73 Å². The fourth-order valence-corrected chi connectivity index (χ4v) is 2.59. The van der Waals surface area contributed by atoms with Crippen molar-refractivity contribution in [3.05, 3.63) is 23.2 Å². The Morgan fingerprint density at radius 3 is 2.89 bits per heavy atom. The van der Waals surface area contributed by atoms with E-state index in [0.717, 1.165) is 24.3 Å². The summed E-state index contributed by atoms with van der Waals surface area (Å²) in [5, 5.41) is 12.5. The number of anilines is 1. The van der Waals surface area contributed by atoms with Gasteiger partial charge in [0, 0.05) is 11.3 Å². The lowest BCUT2D eigenvalue weighted by molar-refractivity contribution is 0.199. The minimum absolute atomic E-state index is 0.377. The smallest absolute Gasteiger partial charge is 0.183 e. The summed E-state index contributed by atoms with van der Waals surface area (Å²) in [6.45, 7) is 2.23. The first-order valence-electron chi connectivity index (χ1n) is 5.98. The van der Waals surface area contributed by atoms with Crippen LogP contribution in [0.25, 0.3) is 11.4 Å². The van der Waals surface area contributed by atoms with Crippen molar-refractivity contribution in [2.75, 3.05) is 5.73 Å². The molecule has 2 aromatic rings. The van der Waals surface area contributed by atoms with E-state index in [2.05, 4.69) is 22.4 Å². The second-order valence-corrected chi connectivity index (χ2v) is 5.32. The number of hydrogen-bond donors (Lipinski definition) is 1. The van der Waals surface area contributed by atoms with Gasteiger partial charge in [-0.25, -0.2) is 4.68 Å². The van der Waals surface area contributed by atoms with E-state index in [-0.39, 0.29) is 0 Å². The molecule has 1 aromatic carbocycles. The number of halogens is 1. The number of nitrogen functional groups attached to an aromatic ring is 1. The molecular weight excluding hydrogens is 250 g/mol. The topological polar surface area (TPSA) is 69.6 Å². The standard InChI is InChI=1S/C12H14ClN5/c1-7-4-9(5-7)18-12(15-16-17-18)10-6-8(14)2-3-11(10)13/h2-3,6-7,9H,4-5,14H2,1H3. The number of nitrogens with zero attached hydrogens (tertiary/aromatic N) is 4. The number of aromatic nitrogens is 4. The van der Waals surface area contributed by atoms with E-state index >= 15 is 0 Å². The first-order chi connectivity index (χ1) is 8.65. The van der Waals surface area contributed by atoms with Gasteiger partial charge in [0.1, 0.15) is 0 Å². The summed E-state index contributed by atoms with van der Waals surface area (Å²) in [7, 11) is 0. The maximum absolute atomic E-state index is 6.19. The molecule has 0 unspecified atom stereocenters. The molecule has 0 aliphatic heterocycles. The molecule has 0 radical (unpaired) electrons. The highest BCUT2D eigenvalue weighted by molar-refractivity contribution is 6.33. The molecule has 5 nitrogen and oxygen atoms in total. The van der Waals surface area contributed by atoms with Crippen molar-refractivity contribution in [2.45, 2.75) is 25.8 Å². The van der Waals surface area contributed by atoms with Crippen molar-refractivity contribution < 1.29 is 0 Å². The Morgan fingerprint density at radius 2 is 2.17 bits per heavy atom. The molecule has 0 spiro atoms. The normalized spacial score (nSPS) is 22.8. The molecule has 1 aliphatic rings. The second-order valence-electron chi connectivity index (χ2n) is 4.92. The Bertz CT molecular complexity index is 574. The molecule has 1 fully saturated rings. The number of rotatable bonds is 2. The Kier molecular flexibility index (Phi) is 2.70. The van der Waals surface area contributed by atoms with E-state index < -0.39 is 0 Å². The lowest BCUT2D eigenvalue weighted by Crippen LogP contribution is -2.26. The number of tetrazole rings is 1. The fourth-order valence-electron chi connectivity index (χ4n) is 2.39. The summed E-state index contributed by atoms with van der Waals surface area (Å²) >= 11 is 6.19. The van der Waals surface area contributed by atoms with Gasteiger partial charge in [-0.3, -0.25) is 0 Å². The Morgan fingerprint density at radius 1 is 1.39 bits per heavy atom. The molecule has 0 saturated heterocycles. The van der Waals surface area contributed by atoms with Crippen molar-refractivity contribution >= 4 is 17.3 Å². The summed E-state index contributed by atoms with van der Waals surface area (Å²) in [6, 6.07) is 5.73. The van der Waals surface area contributed by atoms with Crippen LogP contribution in [0.5, 0.6) is 0 Å². The maximum atomic E-state index is 6.19. The zero-order chi connectivity index (χ0) is 12.7. The van der Waals surface area contributed by atoms with Crippen LogP contribution in [-0.4, -0.2) is 20.2 Å². The van der Waals surface area contributed by atoms with E-state index in [4.69, 9.17) is 17.3 Å².